The number of aryl methyl sites for hydroxylation is 2. The molecule has 0 N–H and O–H groups in total. The number of aromatic nitrogens is 5. The summed E-state index contributed by atoms with van der Waals surface area (Å²) in [5, 5.41) is 8.40. The van der Waals surface area contributed by atoms with Gasteiger partial charge in [-0.05, 0) is 6.92 Å². The summed E-state index contributed by atoms with van der Waals surface area (Å²) in [5.74, 6) is 0.837. The standard InChI is InChI=1S/C9H13N5/c1-7-8(5-11-14(7)3)4-9-10-6-13(2)12-9/h5-6H,4H2,1-3H3. The Hall–Kier alpha value is -1.65. The first kappa shape index (κ1) is 8.93. The summed E-state index contributed by atoms with van der Waals surface area (Å²) in [6.07, 6.45) is 4.33. The molecule has 2 rings (SSSR count). The Labute approximate surface area is 82.4 Å². The maximum Gasteiger partial charge on any atom is 0.155 e. The van der Waals surface area contributed by atoms with E-state index in [1.165, 1.54) is 5.56 Å². The molecule has 2 aromatic heterocycles. The fourth-order valence-corrected chi connectivity index (χ4v) is 1.35. The van der Waals surface area contributed by atoms with Crippen molar-refractivity contribution in [1.29, 1.82) is 0 Å². The van der Waals surface area contributed by atoms with Crippen LogP contribution < -0.4 is 0 Å². The molecule has 0 unspecified atom stereocenters. The van der Waals surface area contributed by atoms with E-state index in [-0.39, 0.29) is 0 Å². The fourth-order valence-electron chi connectivity index (χ4n) is 1.35. The van der Waals surface area contributed by atoms with Crippen LogP contribution in [0.5, 0.6) is 0 Å². The van der Waals surface area contributed by atoms with Crippen molar-refractivity contribution in [2.45, 2.75) is 13.3 Å². The van der Waals surface area contributed by atoms with E-state index in [9.17, 15) is 0 Å². The van der Waals surface area contributed by atoms with E-state index in [1.54, 1.807) is 11.0 Å². The number of hydrogen-bond acceptors (Lipinski definition) is 3. The van der Waals surface area contributed by atoms with Crippen LogP contribution in [0.2, 0.25) is 0 Å². The molecule has 0 saturated heterocycles. The van der Waals surface area contributed by atoms with E-state index in [2.05, 4.69) is 15.2 Å². The van der Waals surface area contributed by atoms with Crippen LogP contribution in [-0.2, 0) is 20.5 Å². The lowest BCUT2D eigenvalue weighted by atomic mass is 10.2. The fraction of sp³-hybridized carbons (Fsp3) is 0.444. The van der Waals surface area contributed by atoms with Gasteiger partial charge in [-0.15, -0.1) is 0 Å². The third-order valence-corrected chi connectivity index (χ3v) is 2.33. The van der Waals surface area contributed by atoms with Crippen molar-refractivity contribution in [2.75, 3.05) is 0 Å². The van der Waals surface area contributed by atoms with Crippen LogP contribution in [0.1, 0.15) is 17.1 Å². The van der Waals surface area contributed by atoms with Crippen LogP contribution in [0.25, 0.3) is 0 Å². The van der Waals surface area contributed by atoms with Gasteiger partial charge in [0, 0.05) is 31.8 Å². The zero-order valence-corrected chi connectivity index (χ0v) is 8.60. The summed E-state index contributed by atoms with van der Waals surface area (Å²) in [6.45, 7) is 2.05. The average molecular weight is 191 g/mol. The smallest absolute Gasteiger partial charge is 0.155 e. The Kier molecular flexibility index (Phi) is 2.07. The highest BCUT2D eigenvalue weighted by molar-refractivity contribution is 5.19. The van der Waals surface area contributed by atoms with Gasteiger partial charge in [-0.3, -0.25) is 9.36 Å². The van der Waals surface area contributed by atoms with Crippen LogP contribution >= 0.6 is 0 Å². The number of nitrogens with zero attached hydrogens (tertiary/aromatic N) is 5. The molecule has 0 aliphatic heterocycles. The Morgan fingerprint density at radius 2 is 2.14 bits per heavy atom. The summed E-state index contributed by atoms with van der Waals surface area (Å²) in [6, 6.07) is 0. The average Bonchev–Trinajstić information content (AvgIpc) is 2.67. The van der Waals surface area contributed by atoms with Crippen LogP contribution in [0.3, 0.4) is 0 Å². The monoisotopic (exact) mass is 191 g/mol. The molecular formula is C9H13N5. The highest BCUT2D eigenvalue weighted by Crippen LogP contribution is 2.09. The van der Waals surface area contributed by atoms with Crippen LogP contribution in [0, 0.1) is 6.92 Å². The molecule has 0 aliphatic rings. The van der Waals surface area contributed by atoms with E-state index in [1.807, 2.05) is 31.9 Å². The van der Waals surface area contributed by atoms with Crippen LogP contribution in [0.4, 0.5) is 0 Å². The normalized spacial score (nSPS) is 10.8. The molecule has 0 aromatic carbocycles. The maximum atomic E-state index is 4.22. The predicted molar refractivity (Wildman–Crippen MR) is 51.8 cm³/mol. The largest absolute Gasteiger partial charge is 0.273 e. The van der Waals surface area contributed by atoms with Gasteiger partial charge in [0.15, 0.2) is 5.82 Å². The molecule has 14 heavy (non-hydrogen) atoms. The van der Waals surface area contributed by atoms with Crippen molar-refractivity contribution in [2.24, 2.45) is 14.1 Å². The van der Waals surface area contributed by atoms with Gasteiger partial charge < -0.3 is 0 Å². The zero-order valence-electron chi connectivity index (χ0n) is 8.60. The quantitative estimate of drug-likeness (QED) is 0.692. The molecule has 0 spiro atoms. The van der Waals surface area contributed by atoms with Crippen molar-refractivity contribution >= 4 is 0 Å². The van der Waals surface area contributed by atoms with E-state index < -0.39 is 0 Å². The molecule has 0 radical (unpaired) electrons. The minimum atomic E-state index is 0.751. The van der Waals surface area contributed by atoms with Crippen LogP contribution in [-0.4, -0.2) is 24.5 Å². The predicted octanol–water partition coefficient (Wildman–Crippen LogP) is 0.448. The molecule has 0 saturated carbocycles. The van der Waals surface area contributed by atoms with Gasteiger partial charge in [0.05, 0.1) is 6.20 Å². The van der Waals surface area contributed by atoms with Gasteiger partial charge >= 0.3 is 0 Å². The van der Waals surface area contributed by atoms with Gasteiger partial charge in [-0.1, -0.05) is 0 Å². The molecule has 5 nitrogen and oxygen atoms in total. The van der Waals surface area contributed by atoms with Crippen molar-refractivity contribution < 1.29 is 0 Å². The summed E-state index contributed by atoms with van der Waals surface area (Å²) in [7, 11) is 3.80. The minimum Gasteiger partial charge on any atom is -0.273 e. The third-order valence-electron chi connectivity index (χ3n) is 2.33. The summed E-state index contributed by atoms with van der Waals surface area (Å²) >= 11 is 0. The highest BCUT2D eigenvalue weighted by atomic mass is 15.3. The molecule has 74 valence electrons. The van der Waals surface area contributed by atoms with E-state index in [0.717, 1.165) is 17.9 Å². The van der Waals surface area contributed by atoms with Crippen molar-refractivity contribution in [3.8, 4) is 0 Å². The molecule has 0 atom stereocenters. The van der Waals surface area contributed by atoms with Gasteiger partial charge in [0.2, 0.25) is 0 Å². The first-order chi connectivity index (χ1) is 6.66. The minimum absolute atomic E-state index is 0.751. The third kappa shape index (κ3) is 1.53. The second-order valence-electron chi connectivity index (χ2n) is 3.39. The molecule has 5 heteroatoms. The van der Waals surface area contributed by atoms with E-state index >= 15 is 0 Å². The first-order valence-corrected chi connectivity index (χ1v) is 4.49. The molecular weight excluding hydrogens is 178 g/mol. The molecule has 0 amide bonds. The summed E-state index contributed by atoms with van der Waals surface area (Å²) in [5.41, 5.74) is 2.34. The van der Waals surface area contributed by atoms with Crippen molar-refractivity contribution in [3.63, 3.8) is 0 Å². The lowest BCUT2D eigenvalue weighted by molar-refractivity contribution is 0.735. The first-order valence-electron chi connectivity index (χ1n) is 4.49. The maximum absolute atomic E-state index is 4.22. The zero-order chi connectivity index (χ0) is 10.1. The molecule has 0 fully saturated rings. The Morgan fingerprint density at radius 1 is 1.36 bits per heavy atom. The van der Waals surface area contributed by atoms with Crippen molar-refractivity contribution in [3.05, 3.63) is 29.6 Å². The van der Waals surface area contributed by atoms with Gasteiger partial charge in [-0.2, -0.15) is 10.2 Å². The number of rotatable bonds is 2. The molecule has 2 aromatic rings. The van der Waals surface area contributed by atoms with Gasteiger partial charge in [0.1, 0.15) is 6.33 Å². The molecule has 0 aliphatic carbocycles. The Balaban J connectivity index is 2.22. The van der Waals surface area contributed by atoms with Crippen molar-refractivity contribution in [1.82, 2.24) is 24.5 Å². The lowest BCUT2D eigenvalue weighted by Crippen LogP contribution is -1.97. The Morgan fingerprint density at radius 3 is 2.64 bits per heavy atom. The summed E-state index contributed by atoms with van der Waals surface area (Å²) in [4.78, 5) is 4.18. The molecule has 2 heterocycles. The number of hydrogen-bond donors (Lipinski definition) is 0. The van der Waals surface area contributed by atoms with E-state index in [4.69, 9.17) is 0 Å². The van der Waals surface area contributed by atoms with E-state index in [0.29, 0.717) is 0 Å². The molecule has 0 bridgehead atoms. The second kappa shape index (κ2) is 3.25. The highest BCUT2D eigenvalue weighted by Gasteiger charge is 2.07. The van der Waals surface area contributed by atoms with Gasteiger partial charge in [0.25, 0.3) is 0 Å². The summed E-state index contributed by atoms with van der Waals surface area (Å²) < 4.78 is 3.57. The van der Waals surface area contributed by atoms with Crippen LogP contribution in [0.15, 0.2) is 12.5 Å². The second-order valence-corrected chi connectivity index (χ2v) is 3.39. The lowest BCUT2D eigenvalue weighted by Gasteiger charge is -1.96. The SMILES string of the molecule is Cc1c(Cc2ncn(C)n2)cnn1C. The van der Waals surface area contributed by atoms with Gasteiger partial charge in [-0.25, -0.2) is 4.98 Å². The topological polar surface area (TPSA) is 48.5 Å². The Bertz CT molecular complexity index is 440.